The number of hydrogen-bond acceptors (Lipinski definition) is 3. The van der Waals surface area contributed by atoms with Crippen molar-refractivity contribution in [2.75, 3.05) is 5.73 Å². The zero-order valence-corrected chi connectivity index (χ0v) is 10.8. The van der Waals surface area contributed by atoms with Crippen molar-refractivity contribution < 1.29 is 4.79 Å². The molecular formula is C13H17N5O. The van der Waals surface area contributed by atoms with Crippen LogP contribution in [-0.4, -0.2) is 20.3 Å². The Morgan fingerprint density at radius 1 is 1.53 bits per heavy atom. The van der Waals surface area contributed by atoms with Gasteiger partial charge in [-0.3, -0.25) is 9.48 Å². The first-order valence-corrected chi connectivity index (χ1v) is 6.36. The molecule has 1 fully saturated rings. The maximum Gasteiger partial charge on any atom is 0.268 e. The van der Waals surface area contributed by atoms with E-state index < -0.39 is 0 Å². The highest BCUT2D eigenvalue weighted by Gasteiger charge is 2.27. The number of carbonyl (C=O) groups is 1. The Kier molecular flexibility index (Phi) is 2.77. The summed E-state index contributed by atoms with van der Waals surface area (Å²) in [4.78, 5) is 12.2. The van der Waals surface area contributed by atoms with Crippen LogP contribution in [0.1, 0.15) is 34.9 Å². The summed E-state index contributed by atoms with van der Waals surface area (Å²) < 4.78 is 3.69. The van der Waals surface area contributed by atoms with Gasteiger partial charge in [0.1, 0.15) is 5.69 Å². The van der Waals surface area contributed by atoms with E-state index in [1.54, 1.807) is 16.9 Å². The van der Waals surface area contributed by atoms with Crippen LogP contribution in [0.4, 0.5) is 5.69 Å². The standard InChI is InChI=1S/C13H17N5O/c1-17-7-9(6-16-17)5-15-13(19)12-4-10(14)8-18(12)11-2-3-11/h4,6-8,11H,2-3,5,14H2,1H3,(H,15,19). The molecule has 1 saturated carbocycles. The van der Waals surface area contributed by atoms with Gasteiger partial charge in [-0.15, -0.1) is 0 Å². The second-order valence-electron chi connectivity index (χ2n) is 5.00. The Hall–Kier alpha value is -2.24. The first-order chi connectivity index (χ1) is 9.13. The molecule has 1 aliphatic rings. The van der Waals surface area contributed by atoms with Crippen LogP contribution in [0.3, 0.4) is 0 Å². The van der Waals surface area contributed by atoms with E-state index in [0.29, 0.717) is 24.0 Å². The Morgan fingerprint density at radius 3 is 2.95 bits per heavy atom. The predicted molar refractivity (Wildman–Crippen MR) is 71.5 cm³/mol. The average Bonchev–Trinajstić information content (AvgIpc) is 3.03. The highest BCUT2D eigenvalue weighted by atomic mass is 16.1. The van der Waals surface area contributed by atoms with E-state index in [0.717, 1.165) is 18.4 Å². The number of nitrogens with zero attached hydrogens (tertiary/aromatic N) is 3. The molecule has 0 radical (unpaired) electrons. The molecule has 0 saturated heterocycles. The monoisotopic (exact) mass is 259 g/mol. The summed E-state index contributed by atoms with van der Waals surface area (Å²) in [6.45, 7) is 0.475. The van der Waals surface area contributed by atoms with E-state index >= 15 is 0 Å². The highest BCUT2D eigenvalue weighted by molar-refractivity contribution is 5.93. The quantitative estimate of drug-likeness (QED) is 0.862. The number of hydrogen-bond donors (Lipinski definition) is 2. The molecule has 0 unspecified atom stereocenters. The fourth-order valence-electron chi connectivity index (χ4n) is 2.17. The molecular weight excluding hydrogens is 242 g/mol. The molecule has 0 aromatic carbocycles. The number of aryl methyl sites for hydroxylation is 1. The summed E-state index contributed by atoms with van der Waals surface area (Å²) in [5, 5.41) is 6.96. The van der Waals surface area contributed by atoms with E-state index in [9.17, 15) is 4.79 Å². The second-order valence-corrected chi connectivity index (χ2v) is 5.00. The van der Waals surface area contributed by atoms with Gasteiger partial charge >= 0.3 is 0 Å². The van der Waals surface area contributed by atoms with E-state index in [4.69, 9.17) is 5.73 Å². The summed E-state index contributed by atoms with van der Waals surface area (Å²) in [6.07, 6.45) is 7.72. The number of nitrogens with one attached hydrogen (secondary N) is 1. The number of rotatable bonds is 4. The van der Waals surface area contributed by atoms with Crippen LogP contribution in [-0.2, 0) is 13.6 Å². The third kappa shape index (κ3) is 2.47. The minimum atomic E-state index is -0.0903. The minimum Gasteiger partial charge on any atom is -0.397 e. The second kappa shape index (κ2) is 4.46. The van der Waals surface area contributed by atoms with Gasteiger partial charge in [0.2, 0.25) is 0 Å². The number of aromatic nitrogens is 3. The largest absolute Gasteiger partial charge is 0.397 e. The van der Waals surface area contributed by atoms with E-state index in [2.05, 4.69) is 10.4 Å². The third-order valence-electron chi connectivity index (χ3n) is 3.25. The molecule has 100 valence electrons. The molecule has 0 spiro atoms. The lowest BCUT2D eigenvalue weighted by Gasteiger charge is -2.07. The van der Waals surface area contributed by atoms with Gasteiger partial charge in [-0.25, -0.2) is 0 Å². The van der Waals surface area contributed by atoms with Crippen LogP contribution in [0.2, 0.25) is 0 Å². The van der Waals surface area contributed by atoms with Crippen LogP contribution in [0.25, 0.3) is 0 Å². The number of amides is 1. The third-order valence-corrected chi connectivity index (χ3v) is 3.25. The molecule has 6 nitrogen and oxygen atoms in total. The van der Waals surface area contributed by atoms with Crippen molar-refractivity contribution in [3.8, 4) is 0 Å². The van der Waals surface area contributed by atoms with Crippen molar-refractivity contribution in [1.82, 2.24) is 19.7 Å². The first-order valence-electron chi connectivity index (χ1n) is 6.36. The van der Waals surface area contributed by atoms with Gasteiger partial charge in [-0.1, -0.05) is 0 Å². The predicted octanol–water partition coefficient (Wildman–Crippen LogP) is 1.07. The van der Waals surface area contributed by atoms with Crippen LogP contribution in [0.15, 0.2) is 24.7 Å². The van der Waals surface area contributed by atoms with Crippen molar-refractivity contribution in [1.29, 1.82) is 0 Å². The van der Waals surface area contributed by atoms with Crippen molar-refractivity contribution >= 4 is 11.6 Å². The number of carbonyl (C=O) groups excluding carboxylic acids is 1. The van der Waals surface area contributed by atoms with Crippen molar-refractivity contribution in [2.24, 2.45) is 7.05 Å². The summed E-state index contributed by atoms with van der Waals surface area (Å²) in [7, 11) is 1.85. The van der Waals surface area contributed by atoms with Gasteiger partial charge in [-0.05, 0) is 18.9 Å². The van der Waals surface area contributed by atoms with Crippen LogP contribution >= 0.6 is 0 Å². The fourth-order valence-corrected chi connectivity index (χ4v) is 2.17. The topological polar surface area (TPSA) is 77.9 Å². The Balaban J connectivity index is 1.70. The summed E-state index contributed by atoms with van der Waals surface area (Å²) in [5.41, 5.74) is 8.04. The molecule has 1 amide bonds. The first kappa shape index (κ1) is 11.8. The van der Waals surface area contributed by atoms with Gasteiger partial charge < -0.3 is 15.6 Å². The van der Waals surface area contributed by atoms with Crippen molar-refractivity contribution in [3.05, 3.63) is 35.9 Å². The lowest BCUT2D eigenvalue weighted by atomic mass is 10.3. The summed E-state index contributed by atoms with van der Waals surface area (Å²) >= 11 is 0. The Labute approximate surface area is 111 Å². The molecule has 6 heteroatoms. The fraction of sp³-hybridized carbons (Fsp3) is 0.385. The SMILES string of the molecule is Cn1cc(CNC(=O)c2cc(N)cn2C2CC2)cn1. The zero-order valence-electron chi connectivity index (χ0n) is 10.8. The molecule has 3 N–H and O–H groups in total. The average molecular weight is 259 g/mol. The number of nitrogen functional groups attached to an aromatic ring is 1. The van der Waals surface area contributed by atoms with E-state index in [1.807, 2.05) is 24.0 Å². The molecule has 2 heterocycles. The zero-order chi connectivity index (χ0) is 13.4. The molecule has 3 rings (SSSR count). The molecule has 2 aromatic rings. The van der Waals surface area contributed by atoms with Crippen molar-refractivity contribution in [2.45, 2.75) is 25.4 Å². The Bertz CT molecular complexity index is 608. The number of nitrogens with two attached hydrogens (primary N) is 1. The normalized spacial score (nSPS) is 14.6. The number of anilines is 1. The van der Waals surface area contributed by atoms with Crippen LogP contribution in [0.5, 0.6) is 0 Å². The highest BCUT2D eigenvalue weighted by Crippen LogP contribution is 2.37. The maximum atomic E-state index is 12.2. The molecule has 0 bridgehead atoms. The van der Waals surface area contributed by atoms with Crippen LogP contribution < -0.4 is 11.1 Å². The smallest absolute Gasteiger partial charge is 0.268 e. The van der Waals surface area contributed by atoms with Crippen LogP contribution in [0, 0.1) is 0 Å². The van der Waals surface area contributed by atoms with Gasteiger partial charge in [0.25, 0.3) is 5.91 Å². The minimum absolute atomic E-state index is 0.0903. The summed E-state index contributed by atoms with van der Waals surface area (Å²) in [6, 6.07) is 2.17. The Morgan fingerprint density at radius 2 is 2.32 bits per heavy atom. The van der Waals surface area contributed by atoms with Gasteiger partial charge in [-0.2, -0.15) is 5.10 Å². The van der Waals surface area contributed by atoms with Gasteiger partial charge in [0.15, 0.2) is 0 Å². The van der Waals surface area contributed by atoms with Crippen molar-refractivity contribution in [3.63, 3.8) is 0 Å². The molecule has 0 aliphatic heterocycles. The lowest BCUT2D eigenvalue weighted by Crippen LogP contribution is -2.25. The maximum absolute atomic E-state index is 12.2. The van der Waals surface area contributed by atoms with Gasteiger partial charge in [0, 0.05) is 37.6 Å². The molecule has 19 heavy (non-hydrogen) atoms. The van der Waals surface area contributed by atoms with E-state index in [-0.39, 0.29) is 5.91 Å². The molecule has 1 aliphatic carbocycles. The summed E-state index contributed by atoms with van der Waals surface area (Å²) in [5.74, 6) is -0.0903. The lowest BCUT2D eigenvalue weighted by molar-refractivity contribution is 0.0941. The molecule has 2 aromatic heterocycles. The van der Waals surface area contributed by atoms with Gasteiger partial charge in [0.05, 0.1) is 11.9 Å². The molecule has 0 atom stereocenters. The van der Waals surface area contributed by atoms with E-state index in [1.165, 1.54) is 0 Å².